The Morgan fingerprint density at radius 2 is 1.93 bits per heavy atom. The van der Waals surface area contributed by atoms with Crippen LogP contribution in [-0.4, -0.2) is 23.7 Å². The molecule has 27 heavy (non-hydrogen) atoms. The van der Waals surface area contributed by atoms with E-state index < -0.39 is 5.91 Å². The lowest BCUT2D eigenvalue weighted by Gasteiger charge is -2.06. The maximum absolute atomic E-state index is 12.3. The van der Waals surface area contributed by atoms with E-state index in [9.17, 15) is 4.79 Å². The SMILES string of the molecule is C#CCn1c(=NC(=O)COc2ccc(OCC)cc2)sc2cc(Cl)ccc21. The number of amides is 1. The summed E-state index contributed by atoms with van der Waals surface area (Å²) in [4.78, 5) is 16.9. The molecule has 0 atom stereocenters. The van der Waals surface area contributed by atoms with Crippen molar-refractivity contribution in [3.63, 3.8) is 0 Å². The number of hydrogen-bond donors (Lipinski definition) is 0. The van der Waals surface area contributed by atoms with Gasteiger partial charge in [0.2, 0.25) is 0 Å². The number of hydrogen-bond acceptors (Lipinski definition) is 4. The summed E-state index contributed by atoms with van der Waals surface area (Å²) in [6.45, 7) is 2.65. The van der Waals surface area contributed by atoms with Crippen molar-refractivity contribution in [1.82, 2.24) is 4.57 Å². The zero-order valence-electron chi connectivity index (χ0n) is 14.6. The van der Waals surface area contributed by atoms with Crippen LogP contribution in [0.5, 0.6) is 11.5 Å². The molecule has 0 aliphatic heterocycles. The second kappa shape index (κ2) is 8.76. The number of thiazole rings is 1. The van der Waals surface area contributed by atoms with E-state index in [1.54, 1.807) is 30.3 Å². The van der Waals surface area contributed by atoms with E-state index >= 15 is 0 Å². The Balaban J connectivity index is 1.78. The van der Waals surface area contributed by atoms with Crippen LogP contribution >= 0.6 is 22.9 Å². The molecule has 0 fully saturated rings. The minimum absolute atomic E-state index is 0.168. The molecule has 0 saturated heterocycles. The number of terminal acetylenes is 1. The van der Waals surface area contributed by atoms with Gasteiger partial charge in [0.15, 0.2) is 11.4 Å². The van der Waals surface area contributed by atoms with E-state index in [2.05, 4.69) is 10.9 Å². The fourth-order valence-corrected chi connectivity index (χ4v) is 3.78. The first-order valence-electron chi connectivity index (χ1n) is 8.26. The number of halogens is 1. The van der Waals surface area contributed by atoms with Crippen molar-refractivity contribution < 1.29 is 14.3 Å². The monoisotopic (exact) mass is 400 g/mol. The topological polar surface area (TPSA) is 52.8 Å². The molecule has 0 saturated carbocycles. The van der Waals surface area contributed by atoms with Gasteiger partial charge in [0.25, 0.3) is 5.91 Å². The molecule has 2 aromatic carbocycles. The van der Waals surface area contributed by atoms with Gasteiger partial charge in [-0.2, -0.15) is 4.99 Å². The largest absolute Gasteiger partial charge is 0.494 e. The molecule has 1 aromatic heterocycles. The van der Waals surface area contributed by atoms with Crippen LogP contribution in [0.1, 0.15) is 6.92 Å². The molecule has 0 aliphatic carbocycles. The molecule has 3 aromatic rings. The molecule has 1 heterocycles. The smallest absolute Gasteiger partial charge is 0.286 e. The van der Waals surface area contributed by atoms with E-state index in [0.29, 0.717) is 28.7 Å². The van der Waals surface area contributed by atoms with Crippen LogP contribution in [0.15, 0.2) is 47.5 Å². The highest BCUT2D eigenvalue weighted by molar-refractivity contribution is 7.16. The number of aromatic nitrogens is 1. The van der Waals surface area contributed by atoms with Crippen molar-refractivity contribution in [2.24, 2.45) is 4.99 Å². The number of fused-ring (bicyclic) bond motifs is 1. The van der Waals surface area contributed by atoms with E-state index in [0.717, 1.165) is 16.0 Å². The quantitative estimate of drug-likeness (QED) is 0.590. The lowest BCUT2D eigenvalue weighted by Crippen LogP contribution is -2.19. The van der Waals surface area contributed by atoms with E-state index in [-0.39, 0.29) is 6.61 Å². The standard InChI is InChI=1S/C20H17ClN2O3S/c1-3-11-23-17-10-5-14(21)12-18(17)27-20(23)22-19(24)13-26-16-8-6-15(7-9-16)25-4-2/h1,5-10,12H,4,11,13H2,2H3. The summed E-state index contributed by atoms with van der Waals surface area (Å²) in [5.74, 6) is 3.51. The molecule has 1 amide bonds. The van der Waals surface area contributed by atoms with Gasteiger partial charge in [-0.3, -0.25) is 4.79 Å². The van der Waals surface area contributed by atoms with Gasteiger partial charge in [0.05, 0.1) is 23.4 Å². The molecule has 0 aliphatic rings. The summed E-state index contributed by atoms with van der Waals surface area (Å²) >= 11 is 7.40. The zero-order valence-corrected chi connectivity index (χ0v) is 16.2. The summed E-state index contributed by atoms with van der Waals surface area (Å²) in [6.07, 6.45) is 5.45. The Hall–Kier alpha value is -2.75. The van der Waals surface area contributed by atoms with Crippen molar-refractivity contribution >= 4 is 39.1 Å². The first-order valence-corrected chi connectivity index (χ1v) is 9.45. The van der Waals surface area contributed by atoms with E-state index in [4.69, 9.17) is 27.5 Å². The summed E-state index contributed by atoms with van der Waals surface area (Å²) in [5, 5.41) is 0.619. The second-order valence-corrected chi connectivity index (χ2v) is 6.93. The maximum atomic E-state index is 12.3. The van der Waals surface area contributed by atoms with Crippen LogP contribution in [0.3, 0.4) is 0 Å². The van der Waals surface area contributed by atoms with Gasteiger partial charge in [0.1, 0.15) is 11.5 Å². The van der Waals surface area contributed by atoms with E-state index in [1.165, 1.54) is 11.3 Å². The molecule has 0 N–H and O–H groups in total. The third kappa shape index (κ3) is 4.70. The highest BCUT2D eigenvalue weighted by Gasteiger charge is 2.08. The molecule has 0 bridgehead atoms. The van der Waals surface area contributed by atoms with Crippen LogP contribution in [0, 0.1) is 12.3 Å². The van der Waals surface area contributed by atoms with Crippen LogP contribution in [0.25, 0.3) is 10.2 Å². The van der Waals surface area contributed by atoms with Gasteiger partial charge in [-0.25, -0.2) is 0 Å². The van der Waals surface area contributed by atoms with Crippen LogP contribution in [0.2, 0.25) is 5.02 Å². The summed E-state index contributed by atoms with van der Waals surface area (Å²) in [6, 6.07) is 12.6. The van der Waals surface area contributed by atoms with Crippen molar-refractivity contribution in [2.45, 2.75) is 13.5 Å². The number of rotatable bonds is 6. The highest BCUT2D eigenvalue weighted by Crippen LogP contribution is 2.22. The normalized spacial score (nSPS) is 11.4. The average molecular weight is 401 g/mol. The van der Waals surface area contributed by atoms with Gasteiger partial charge in [-0.15, -0.1) is 6.42 Å². The fourth-order valence-electron chi connectivity index (χ4n) is 2.46. The predicted molar refractivity (Wildman–Crippen MR) is 107 cm³/mol. The number of benzene rings is 2. The Bertz CT molecular complexity index is 1060. The Labute approximate surface area is 165 Å². The van der Waals surface area contributed by atoms with Gasteiger partial charge in [-0.05, 0) is 49.4 Å². The van der Waals surface area contributed by atoms with E-state index in [1.807, 2.05) is 23.6 Å². The minimum atomic E-state index is -0.396. The lowest BCUT2D eigenvalue weighted by atomic mass is 10.3. The number of nitrogens with zero attached hydrogens (tertiary/aromatic N) is 2. The van der Waals surface area contributed by atoms with Gasteiger partial charge < -0.3 is 14.0 Å². The minimum Gasteiger partial charge on any atom is -0.494 e. The molecule has 3 rings (SSSR count). The highest BCUT2D eigenvalue weighted by atomic mass is 35.5. The molecule has 7 heteroatoms. The Morgan fingerprint density at radius 3 is 2.59 bits per heavy atom. The number of carbonyl (C=O) groups is 1. The second-order valence-electron chi connectivity index (χ2n) is 5.49. The van der Waals surface area contributed by atoms with Gasteiger partial charge >= 0.3 is 0 Å². The van der Waals surface area contributed by atoms with Crippen LogP contribution in [0.4, 0.5) is 0 Å². The third-order valence-corrected chi connectivity index (χ3v) is 4.89. The fraction of sp³-hybridized carbons (Fsp3) is 0.200. The predicted octanol–water partition coefficient (Wildman–Crippen LogP) is 3.89. The maximum Gasteiger partial charge on any atom is 0.286 e. The molecule has 0 unspecified atom stereocenters. The van der Waals surface area contributed by atoms with Crippen molar-refractivity contribution in [1.29, 1.82) is 0 Å². The van der Waals surface area contributed by atoms with Crippen molar-refractivity contribution in [3.05, 3.63) is 52.3 Å². The first-order chi connectivity index (χ1) is 13.1. The summed E-state index contributed by atoms with van der Waals surface area (Å²) in [5.41, 5.74) is 0.890. The average Bonchev–Trinajstić information content (AvgIpc) is 2.98. The molecule has 138 valence electrons. The van der Waals surface area contributed by atoms with Crippen LogP contribution < -0.4 is 14.3 Å². The molecule has 0 spiro atoms. The lowest BCUT2D eigenvalue weighted by molar-refractivity contribution is -0.120. The van der Waals surface area contributed by atoms with Crippen LogP contribution in [-0.2, 0) is 11.3 Å². The Kier molecular flexibility index (Phi) is 6.17. The van der Waals surface area contributed by atoms with Gasteiger partial charge in [-0.1, -0.05) is 28.9 Å². The molecular weight excluding hydrogens is 384 g/mol. The summed E-state index contributed by atoms with van der Waals surface area (Å²) < 4.78 is 13.6. The number of carbonyl (C=O) groups excluding carboxylic acids is 1. The Morgan fingerprint density at radius 1 is 1.22 bits per heavy atom. The first kappa shape index (κ1) is 19.0. The van der Waals surface area contributed by atoms with Crippen molar-refractivity contribution in [2.75, 3.05) is 13.2 Å². The number of ether oxygens (including phenoxy) is 2. The van der Waals surface area contributed by atoms with Gasteiger partial charge in [0, 0.05) is 5.02 Å². The zero-order chi connectivity index (χ0) is 19.2. The van der Waals surface area contributed by atoms with Crippen molar-refractivity contribution in [3.8, 4) is 23.8 Å². The molecule has 0 radical (unpaired) electrons. The summed E-state index contributed by atoms with van der Waals surface area (Å²) in [7, 11) is 0. The third-order valence-electron chi connectivity index (χ3n) is 3.61. The molecular formula is C20H17ClN2O3S. The molecule has 5 nitrogen and oxygen atoms in total.